The smallest absolute Gasteiger partial charge is 0.265 e. The summed E-state index contributed by atoms with van der Waals surface area (Å²) in [5.41, 5.74) is 0.941. The van der Waals surface area contributed by atoms with Crippen LogP contribution in [-0.4, -0.2) is 33.3 Å². The molecule has 0 unspecified atom stereocenters. The lowest BCUT2D eigenvalue weighted by molar-refractivity contribution is 0.598. The van der Waals surface area contributed by atoms with Crippen LogP contribution < -0.4 is 4.72 Å². The molecule has 0 saturated carbocycles. The highest BCUT2D eigenvalue weighted by molar-refractivity contribution is 7.93. The summed E-state index contributed by atoms with van der Waals surface area (Å²) in [5.74, 6) is 0. The third kappa shape index (κ3) is 3.24. The molecule has 114 valence electrons. The Kier molecular flexibility index (Phi) is 3.81. The third-order valence-corrected chi connectivity index (χ3v) is 5.60. The van der Waals surface area contributed by atoms with Crippen LogP contribution in [0, 0.1) is 13.8 Å². The Morgan fingerprint density at radius 2 is 1.81 bits per heavy atom. The highest BCUT2D eigenvalue weighted by atomic mass is 32.2. The normalized spacial score (nSPS) is 12.3. The average molecular weight is 329 g/mol. The Labute approximate surface area is 123 Å². The van der Waals surface area contributed by atoms with Crippen molar-refractivity contribution in [2.45, 2.75) is 23.6 Å². The third-order valence-electron chi connectivity index (χ3n) is 2.84. The lowest BCUT2D eigenvalue weighted by Crippen LogP contribution is -2.15. The number of aryl methyl sites for hydroxylation is 2. The number of sulfone groups is 1. The van der Waals surface area contributed by atoms with E-state index in [2.05, 4.69) is 14.9 Å². The van der Waals surface area contributed by atoms with E-state index in [9.17, 15) is 16.8 Å². The summed E-state index contributed by atoms with van der Waals surface area (Å²) in [7, 11) is -7.24. The van der Waals surface area contributed by atoms with E-state index in [0.29, 0.717) is 11.4 Å². The standard InChI is InChI=1S/C12H15N3O4S2/c1-8-12(9(2)14-13-8)21(18,19)15-10-5-4-6-11(7-10)20(3,16)17/h4-7,15H,1-3H3,(H,13,14). The molecule has 0 aliphatic heterocycles. The molecule has 0 amide bonds. The van der Waals surface area contributed by atoms with Crippen molar-refractivity contribution in [2.24, 2.45) is 0 Å². The summed E-state index contributed by atoms with van der Waals surface area (Å²) >= 11 is 0. The van der Waals surface area contributed by atoms with Crippen molar-refractivity contribution in [1.82, 2.24) is 10.2 Å². The molecule has 2 aromatic rings. The van der Waals surface area contributed by atoms with Crippen LogP contribution in [0.4, 0.5) is 5.69 Å². The number of H-pyrrole nitrogens is 1. The number of hydrogen-bond acceptors (Lipinski definition) is 5. The fourth-order valence-corrected chi connectivity index (χ4v) is 4.02. The molecule has 0 spiro atoms. The SMILES string of the molecule is Cc1n[nH]c(C)c1S(=O)(=O)Nc1cccc(S(C)(=O)=O)c1. The molecule has 1 aromatic heterocycles. The second-order valence-electron chi connectivity index (χ2n) is 4.67. The number of anilines is 1. The number of nitrogens with zero attached hydrogens (tertiary/aromatic N) is 1. The number of sulfonamides is 1. The molecule has 0 aliphatic carbocycles. The highest BCUT2D eigenvalue weighted by Crippen LogP contribution is 2.22. The lowest BCUT2D eigenvalue weighted by Gasteiger charge is -2.09. The molecule has 1 heterocycles. The van der Waals surface area contributed by atoms with Gasteiger partial charge in [-0.25, -0.2) is 16.8 Å². The van der Waals surface area contributed by atoms with Gasteiger partial charge in [-0.1, -0.05) is 6.07 Å². The van der Waals surface area contributed by atoms with Gasteiger partial charge in [-0.2, -0.15) is 5.10 Å². The first kappa shape index (κ1) is 15.5. The van der Waals surface area contributed by atoms with Crippen molar-refractivity contribution in [1.29, 1.82) is 0 Å². The Morgan fingerprint density at radius 1 is 1.14 bits per heavy atom. The molecule has 0 aliphatic rings. The van der Waals surface area contributed by atoms with E-state index in [4.69, 9.17) is 0 Å². The number of benzene rings is 1. The molecule has 9 heteroatoms. The van der Waals surface area contributed by atoms with Crippen LogP contribution in [0.25, 0.3) is 0 Å². The van der Waals surface area contributed by atoms with Crippen LogP contribution in [0.1, 0.15) is 11.4 Å². The largest absolute Gasteiger partial charge is 0.281 e. The van der Waals surface area contributed by atoms with Crippen molar-refractivity contribution < 1.29 is 16.8 Å². The lowest BCUT2D eigenvalue weighted by atomic mass is 10.3. The topological polar surface area (TPSA) is 109 Å². The molecule has 2 rings (SSSR count). The van der Waals surface area contributed by atoms with Crippen molar-refractivity contribution in [3.8, 4) is 0 Å². The summed E-state index contributed by atoms with van der Waals surface area (Å²) in [6, 6.07) is 5.64. The minimum atomic E-state index is -3.83. The van der Waals surface area contributed by atoms with Crippen molar-refractivity contribution in [2.75, 3.05) is 11.0 Å². The van der Waals surface area contributed by atoms with Gasteiger partial charge in [0.25, 0.3) is 10.0 Å². The number of nitrogens with one attached hydrogen (secondary N) is 2. The van der Waals surface area contributed by atoms with Gasteiger partial charge in [0.05, 0.1) is 22.0 Å². The second-order valence-corrected chi connectivity index (χ2v) is 8.30. The molecule has 1 aromatic carbocycles. The first-order valence-corrected chi connectivity index (χ1v) is 9.33. The van der Waals surface area contributed by atoms with Gasteiger partial charge in [0.2, 0.25) is 0 Å². The summed E-state index contributed by atoms with van der Waals surface area (Å²) in [6.07, 6.45) is 1.06. The van der Waals surface area contributed by atoms with Crippen molar-refractivity contribution in [3.63, 3.8) is 0 Å². The van der Waals surface area contributed by atoms with Gasteiger partial charge in [0.1, 0.15) is 4.90 Å². The maximum atomic E-state index is 12.3. The number of rotatable bonds is 4. The van der Waals surface area contributed by atoms with E-state index < -0.39 is 19.9 Å². The zero-order chi connectivity index (χ0) is 15.8. The molecule has 0 fully saturated rings. The maximum absolute atomic E-state index is 12.3. The van der Waals surface area contributed by atoms with E-state index in [1.165, 1.54) is 24.3 Å². The van der Waals surface area contributed by atoms with Crippen molar-refractivity contribution in [3.05, 3.63) is 35.7 Å². The predicted octanol–water partition coefficient (Wildman–Crippen LogP) is 1.23. The summed E-state index contributed by atoms with van der Waals surface area (Å²) in [4.78, 5) is 0.107. The molecular formula is C12H15N3O4S2. The number of aromatic nitrogens is 2. The van der Waals surface area contributed by atoms with E-state index >= 15 is 0 Å². The fourth-order valence-electron chi connectivity index (χ4n) is 1.93. The van der Waals surface area contributed by atoms with Gasteiger partial charge in [-0.05, 0) is 32.0 Å². The molecule has 0 atom stereocenters. The van der Waals surface area contributed by atoms with Gasteiger partial charge < -0.3 is 0 Å². The zero-order valence-corrected chi connectivity index (χ0v) is 13.3. The van der Waals surface area contributed by atoms with Gasteiger partial charge in [0, 0.05) is 6.26 Å². The predicted molar refractivity (Wildman–Crippen MR) is 78.4 cm³/mol. The first-order chi connectivity index (χ1) is 9.61. The highest BCUT2D eigenvalue weighted by Gasteiger charge is 2.22. The van der Waals surface area contributed by atoms with E-state index in [1.807, 2.05) is 0 Å². The number of aromatic amines is 1. The van der Waals surface area contributed by atoms with E-state index in [1.54, 1.807) is 13.8 Å². The van der Waals surface area contributed by atoms with Gasteiger partial charge in [-0.15, -0.1) is 0 Å². The molecule has 2 N–H and O–H groups in total. The van der Waals surface area contributed by atoms with Crippen molar-refractivity contribution >= 4 is 25.5 Å². The van der Waals surface area contributed by atoms with Crippen LogP contribution in [0.2, 0.25) is 0 Å². The van der Waals surface area contributed by atoms with Gasteiger partial charge >= 0.3 is 0 Å². The quantitative estimate of drug-likeness (QED) is 0.877. The average Bonchev–Trinajstić information content (AvgIpc) is 2.68. The summed E-state index contributed by atoms with van der Waals surface area (Å²) < 4.78 is 50.0. The number of hydrogen-bond donors (Lipinski definition) is 2. The molecule has 7 nitrogen and oxygen atoms in total. The molecule has 0 bridgehead atoms. The summed E-state index contributed by atoms with van der Waals surface area (Å²) in [5, 5.41) is 6.44. The van der Waals surface area contributed by atoms with Crippen LogP contribution in [0.3, 0.4) is 0 Å². The Balaban J connectivity index is 2.43. The van der Waals surface area contributed by atoms with E-state index in [-0.39, 0.29) is 15.5 Å². The maximum Gasteiger partial charge on any atom is 0.265 e. The molecule has 0 radical (unpaired) electrons. The minimum Gasteiger partial charge on any atom is -0.281 e. The summed E-state index contributed by atoms with van der Waals surface area (Å²) in [6.45, 7) is 3.17. The van der Waals surface area contributed by atoms with Crippen LogP contribution >= 0.6 is 0 Å². The van der Waals surface area contributed by atoms with Gasteiger partial charge in [0.15, 0.2) is 9.84 Å². The zero-order valence-electron chi connectivity index (χ0n) is 11.7. The van der Waals surface area contributed by atoms with Gasteiger partial charge in [-0.3, -0.25) is 9.82 Å². The first-order valence-electron chi connectivity index (χ1n) is 5.96. The molecular weight excluding hydrogens is 314 g/mol. The molecule has 0 saturated heterocycles. The molecule has 21 heavy (non-hydrogen) atoms. The van der Waals surface area contributed by atoms with E-state index in [0.717, 1.165) is 6.26 Å². The van der Waals surface area contributed by atoms with Crippen LogP contribution in [0.5, 0.6) is 0 Å². The Hall–Kier alpha value is -1.87. The van der Waals surface area contributed by atoms with Crippen LogP contribution in [-0.2, 0) is 19.9 Å². The monoisotopic (exact) mass is 329 g/mol. The van der Waals surface area contributed by atoms with Crippen LogP contribution in [0.15, 0.2) is 34.1 Å². The Morgan fingerprint density at radius 3 is 2.33 bits per heavy atom. The fraction of sp³-hybridized carbons (Fsp3) is 0.250. The Bertz CT molecular complexity index is 863. The second kappa shape index (κ2) is 5.15. The minimum absolute atomic E-state index is 0.0448.